The molecule has 0 radical (unpaired) electrons. The van der Waals surface area contributed by atoms with Gasteiger partial charge in [-0.1, -0.05) is 74.6 Å². The SMILES string of the molecule is COCCCCOC(c1ccccc1)C1CCCN(c2c(NC(CC3CCCCC3)C(O)CNCc3ccc(C#N)cc3)c(=O)c2=O)C1. The first-order valence-corrected chi connectivity index (χ1v) is 17.9. The second-order valence-electron chi connectivity index (χ2n) is 13.6. The first kappa shape index (κ1) is 35.7. The summed E-state index contributed by atoms with van der Waals surface area (Å²) in [5.41, 5.74) is 2.64. The normalized spacial score (nSPS) is 19.1. The molecule has 9 heteroatoms. The summed E-state index contributed by atoms with van der Waals surface area (Å²) in [5.74, 6) is 0.627. The van der Waals surface area contributed by atoms with E-state index in [2.05, 4.69) is 33.7 Å². The Kier molecular flexibility index (Phi) is 13.6. The highest BCUT2D eigenvalue weighted by Gasteiger charge is 2.35. The minimum Gasteiger partial charge on any atom is -0.390 e. The van der Waals surface area contributed by atoms with Crippen molar-refractivity contribution in [3.63, 3.8) is 0 Å². The van der Waals surface area contributed by atoms with Crippen LogP contribution in [0.1, 0.15) is 87.0 Å². The largest absolute Gasteiger partial charge is 0.390 e. The highest BCUT2D eigenvalue weighted by molar-refractivity contribution is 5.75. The molecule has 1 aliphatic carbocycles. The molecule has 1 aliphatic heterocycles. The molecule has 5 rings (SSSR count). The topological polar surface area (TPSA) is 124 Å². The number of methoxy groups -OCH3 is 1. The fourth-order valence-corrected chi connectivity index (χ4v) is 7.46. The van der Waals surface area contributed by atoms with E-state index in [4.69, 9.17) is 14.7 Å². The van der Waals surface area contributed by atoms with Crippen molar-refractivity contribution < 1.29 is 14.6 Å². The van der Waals surface area contributed by atoms with Crippen LogP contribution in [0.4, 0.5) is 11.4 Å². The number of hydrogen-bond donors (Lipinski definition) is 3. The van der Waals surface area contributed by atoms with Crippen molar-refractivity contribution in [3.8, 4) is 6.07 Å². The third-order valence-corrected chi connectivity index (χ3v) is 10.1. The van der Waals surface area contributed by atoms with Gasteiger partial charge in [-0.2, -0.15) is 5.26 Å². The van der Waals surface area contributed by atoms with E-state index >= 15 is 0 Å². The molecule has 2 fully saturated rings. The van der Waals surface area contributed by atoms with Gasteiger partial charge in [0.1, 0.15) is 11.4 Å². The van der Waals surface area contributed by atoms with E-state index in [0.717, 1.165) is 56.1 Å². The van der Waals surface area contributed by atoms with Crippen molar-refractivity contribution in [2.75, 3.05) is 50.2 Å². The summed E-state index contributed by atoms with van der Waals surface area (Å²) >= 11 is 0. The molecule has 9 nitrogen and oxygen atoms in total. The molecule has 3 aromatic carbocycles. The Hall–Kier alpha value is -3.55. The van der Waals surface area contributed by atoms with Crippen molar-refractivity contribution in [2.24, 2.45) is 11.8 Å². The van der Waals surface area contributed by atoms with Crippen LogP contribution < -0.4 is 26.4 Å². The number of nitriles is 1. The number of ether oxygens (including phenoxy) is 2. The van der Waals surface area contributed by atoms with Crippen molar-refractivity contribution in [2.45, 2.75) is 89.0 Å². The molecule has 48 heavy (non-hydrogen) atoms. The number of rotatable bonds is 18. The Morgan fingerprint density at radius 1 is 0.958 bits per heavy atom. The molecule has 3 aromatic rings. The van der Waals surface area contributed by atoms with Crippen LogP contribution in [-0.2, 0) is 16.0 Å². The van der Waals surface area contributed by atoms with Crippen LogP contribution in [0.25, 0.3) is 0 Å². The van der Waals surface area contributed by atoms with E-state index in [1.165, 1.54) is 19.3 Å². The maximum absolute atomic E-state index is 13.2. The average Bonchev–Trinajstić information content (AvgIpc) is 3.13. The number of unbranched alkanes of at least 4 members (excludes halogenated alkanes) is 1. The van der Waals surface area contributed by atoms with Gasteiger partial charge in [-0.15, -0.1) is 0 Å². The second-order valence-corrected chi connectivity index (χ2v) is 13.6. The van der Waals surface area contributed by atoms with E-state index in [9.17, 15) is 14.7 Å². The van der Waals surface area contributed by atoms with Gasteiger partial charge in [0.2, 0.25) is 0 Å². The van der Waals surface area contributed by atoms with Crippen LogP contribution in [0.15, 0.2) is 64.2 Å². The number of benzene rings is 2. The zero-order valence-electron chi connectivity index (χ0n) is 28.4. The molecule has 0 bridgehead atoms. The summed E-state index contributed by atoms with van der Waals surface area (Å²) < 4.78 is 11.7. The fourth-order valence-electron chi connectivity index (χ4n) is 7.46. The molecule has 1 heterocycles. The first-order valence-electron chi connectivity index (χ1n) is 17.9. The van der Waals surface area contributed by atoms with E-state index < -0.39 is 17.0 Å². The standard InChI is InChI=1S/C39H52N4O5/c1-47-21-8-9-22-48-39(31-13-6-3-7-14-31)32-15-10-20-43(27-32)36-35(37(45)38(36)46)42-33(23-28-11-4-2-5-12-28)34(44)26-41-25-30-18-16-29(24-40)17-19-30/h3,6-7,13-14,16-19,28,32-34,39,41-42,44H,2,4-5,8-12,15,20-23,25-27H2,1H3. The van der Waals surface area contributed by atoms with Crippen LogP contribution in [-0.4, -0.2) is 57.2 Å². The van der Waals surface area contributed by atoms with E-state index in [1.54, 1.807) is 19.2 Å². The summed E-state index contributed by atoms with van der Waals surface area (Å²) in [5, 5.41) is 27.3. The molecule has 258 valence electrons. The highest BCUT2D eigenvalue weighted by atomic mass is 16.5. The highest BCUT2D eigenvalue weighted by Crippen LogP contribution is 2.36. The van der Waals surface area contributed by atoms with Gasteiger partial charge in [-0.3, -0.25) is 9.59 Å². The number of aliphatic hydroxyl groups excluding tert-OH is 1. The first-order chi connectivity index (χ1) is 23.5. The van der Waals surface area contributed by atoms with Crippen molar-refractivity contribution in [1.29, 1.82) is 5.26 Å². The molecule has 1 saturated heterocycles. The Bertz CT molecular complexity index is 1510. The van der Waals surface area contributed by atoms with Crippen LogP contribution in [0.5, 0.6) is 0 Å². The molecule has 2 aliphatic rings. The van der Waals surface area contributed by atoms with Gasteiger partial charge in [-0.25, -0.2) is 0 Å². The Labute approximate surface area is 285 Å². The smallest absolute Gasteiger partial charge is 0.253 e. The lowest BCUT2D eigenvalue weighted by molar-refractivity contribution is 0.00229. The molecule has 4 unspecified atom stereocenters. The predicted octanol–water partition coefficient (Wildman–Crippen LogP) is 5.46. The van der Waals surface area contributed by atoms with E-state index in [-0.39, 0.29) is 18.1 Å². The summed E-state index contributed by atoms with van der Waals surface area (Å²) in [6.45, 7) is 3.55. The molecule has 0 aromatic heterocycles. The number of piperidine rings is 1. The molecule has 1 saturated carbocycles. The van der Waals surface area contributed by atoms with Crippen LogP contribution in [0.3, 0.4) is 0 Å². The molecule has 0 amide bonds. The van der Waals surface area contributed by atoms with Crippen LogP contribution in [0, 0.1) is 23.2 Å². The summed E-state index contributed by atoms with van der Waals surface area (Å²) in [7, 11) is 1.71. The lowest BCUT2D eigenvalue weighted by Crippen LogP contribution is -2.50. The summed E-state index contributed by atoms with van der Waals surface area (Å²) in [4.78, 5) is 28.4. The van der Waals surface area contributed by atoms with Gasteiger partial charge < -0.3 is 30.1 Å². The van der Waals surface area contributed by atoms with Gasteiger partial charge in [0.25, 0.3) is 10.9 Å². The number of anilines is 2. The van der Waals surface area contributed by atoms with Gasteiger partial charge >= 0.3 is 0 Å². The lowest BCUT2D eigenvalue weighted by Gasteiger charge is -2.40. The number of nitrogens with one attached hydrogen (secondary N) is 2. The third-order valence-electron chi connectivity index (χ3n) is 10.1. The van der Waals surface area contributed by atoms with Crippen molar-refractivity contribution >= 4 is 11.4 Å². The maximum Gasteiger partial charge on any atom is 0.253 e. The molecular weight excluding hydrogens is 604 g/mol. The van der Waals surface area contributed by atoms with E-state index in [0.29, 0.717) is 62.2 Å². The van der Waals surface area contributed by atoms with Gasteiger partial charge in [-0.05, 0) is 61.3 Å². The zero-order chi connectivity index (χ0) is 33.7. The number of hydrogen-bond acceptors (Lipinski definition) is 9. The second kappa shape index (κ2) is 18.3. The zero-order valence-corrected chi connectivity index (χ0v) is 28.4. The third kappa shape index (κ3) is 9.54. The fraction of sp³-hybridized carbons (Fsp3) is 0.564. The van der Waals surface area contributed by atoms with Crippen molar-refractivity contribution in [3.05, 3.63) is 91.7 Å². The molecular formula is C39H52N4O5. The molecule has 0 spiro atoms. The summed E-state index contributed by atoms with van der Waals surface area (Å²) in [6.07, 6.45) is 9.42. The van der Waals surface area contributed by atoms with Gasteiger partial charge in [0.05, 0.1) is 29.9 Å². The molecule has 3 N–H and O–H groups in total. The van der Waals surface area contributed by atoms with E-state index in [1.807, 2.05) is 30.3 Å². The Morgan fingerprint density at radius 3 is 2.44 bits per heavy atom. The van der Waals surface area contributed by atoms with Crippen LogP contribution in [0.2, 0.25) is 0 Å². The monoisotopic (exact) mass is 656 g/mol. The maximum atomic E-state index is 13.2. The van der Waals surface area contributed by atoms with Gasteiger partial charge in [0.15, 0.2) is 0 Å². The number of aliphatic hydroxyl groups is 1. The molecule has 4 atom stereocenters. The summed E-state index contributed by atoms with van der Waals surface area (Å²) in [6, 6.07) is 19.5. The minimum atomic E-state index is -0.759. The Morgan fingerprint density at radius 2 is 1.71 bits per heavy atom. The quantitative estimate of drug-likeness (QED) is 0.121. The van der Waals surface area contributed by atoms with Crippen LogP contribution >= 0.6 is 0 Å². The lowest BCUT2D eigenvalue weighted by atomic mass is 9.83. The minimum absolute atomic E-state index is 0.109. The average molecular weight is 657 g/mol. The van der Waals surface area contributed by atoms with Gasteiger partial charge in [0, 0.05) is 52.4 Å². The predicted molar refractivity (Wildman–Crippen MR) is 190 cm³/mol. The Balaban J connectivity index is 1.28. The number of nitrogens with zero attached hydrogens (tertiary/aromatic N) is 2. The van der Waals surface area contributed by atoms with Crippen molar-refractivity contribution in [1.82, 2.24) is 5.32 Å².